The summed E-state index contributed by atoms with van der Waals surface area (Å²) in [7, 11) is 2.13. The van der Waals surface area contributed by atoms with E-state index in [0.29, 0.717) is 0 Å². The third-order valence-corrected chi connectivity index (χ3v) is 3.81. The number of aryl methyl sites for hydroxylation is 1. The first-order valence-electron chi connectivity index (χ1n) is 5.31. The highest BCUT2D eigenvalue weighted by molar-refractivity contribution is 7.17. The second-order valence-electron chi connectivity index (χ2n) is 4.09. The molecule has 3 rings (SSSR count). The molecule has 1 aliphatic heterocycles. The summed E-state index contributed by atoms with van der Waals surface area (Å²) in [5.41, 5.74) is 1.34. The molecule has 0 aliphatic carbocycles. The van der Waals surface area contributed by atoms with Gasteiger partial charge in [-0.15, -0.1) is 10.2 Å². The van der Waals surface area contributed by atoms with E-state index < -0.39 is 0 Å². The van der Waals surface area contributed by atoms with E-state index in [1.807, 2.05) is 11.4 Å². The second kappa shape index (κ2) is 3.64. The zero-order chi connectivity index (χ0) is 11.1. The van der Waals surface area contributed by atoms with Gasteiger partial charge in [-0.05, 0) is 26.0 Å². The van der Waals surface area contributed by atoms with Crippen LogP contribution in [0.15, 0.2) is 6.08 Å². The van der Waals surface area contributed by atoms with Crippen LogP contribution in [0.1, 0.15) is 17.3 Å². The summed E-state index contributed by atoms with van der Waals surface area (Å²) in [5, 5.41) is 13.7. The molecule has 0 N–H and O–H groups in total. The van der Waals surface area contributed by atoms with Gasteiger partial charge in [-0.3, -0.25) is 0 Å². The molecule has 0 atom stereocenters. The summed E-state index contributed by atoms with van der Waals surface area (Å²) < 4.78 is 1.82. The van der Waals surface area contributed by atoms with Crippen molar-refractivity contribution in [3.05, 3.63) is 16.9 Å². The van der Waals surface area contributed by atoms with Gasteiger partial charge in [0, 0.05) is 13.1 Å². The van der Waals surface area contributed by atoms with Gasteiger partial charge in [0.2, 0.25) is 4.96 Å². The highest BCUT2D eigenvalue weighted by Crippen LogP contribution is 2.26. The summed E-state index contributed by atoms with van der Waals surface area (Å²) in [6, 6.07) is 0. The van der Waals surface area contributed by atoms with E-state index >= 15 is 0 Å². The van der Waals surface area contributed by atoms with Crippen molar-refractivity contribution < 1.29 is 0 Å². The lowest BCUT2D eigenvalue weighted by molar-refractivity contribution is 0.370. The third kappa shape index (κ3) is 1.54. The SMILES string of the molecule is Cc1nnc2sc(C3=CCN(C)CC3)nn12. The van der Waals surface area contributed by atoms with Gasteiger partial charge in [0.1, 0.15) is 5.01 Å². The average molecular weight is 235 g/mol. The first-order chi connectivity index (χ1) is 7.74. The molecule has 1 aliphatic rings. The molecule has 6 heteroatoms. The first kappa shape index (κ1) is 9.92. The van der Waals surface area contributed by atoms with Crippen molar-refractivity contribution in [2.75, 3.05) is 20.1 Å². The molecular formula is C10H13N5S. The predicted molar refractivity (Wildman–Crippen MR) is 63.5 cm³/mol. The van der Waals surface area contributed by atoms with E-state index in [1.54, 1.807) is 11.3 Å². The number of rotatable bonds is 1. The van der Waals surface area contributed by atoms with Gasteiger partial charge in [0.25, 0.3) is 0 Å². The monoisotopic (exact) mass is 235 g/mol. The number of hydrogen-bond donors (Lipinski definition) is 0. The van der Waals surface area contributed by atoms with Crippen LogP contribution in [-0.2, 0) is 0 Å². The molecule has 0 bridgehead atoms. The highest BCUT2D eigenvalue weighted by atomic mass is 32.1. The van der Waals surface area contributed by atoms with E-state index in [4.69, 9.17) is 0 Å². The number of nitrogens with zero attached hydrogens (tertiary/aromatic N) is 5. The Morgan fingerprint density at radius 1 is 1.38 bits per heavy atom. The fourth-order valence-electron chi connectivity index (χ4n) is 1.81. The minimum absolute atomic E-state index is 0.853. The minimum atomic E-state index is 0.853. The van der Waals surface area contributed by atoms with Gasteiger partial charge in [0.15, 0.2) is 5.82 Å². The summed E-state index contributed by atoms with van der Waals surface area (Å²) in [6.45, 7) is 4.03. The van der Waals surface area contributed by atoms with Crippen molar-refractivity contribution in [2.45, 2.75) is 13.3 Å². The molecule has 3 heterocycles. The quantitative estimate of drug-likeness (QED) is 0.745. The largest absolute Gasteiger partial charge is 0.302 e. The van der Waals surface area contributed by atoms with Crippen LogP contribution in [0.5, 0.6) is 0 Å². The Morgan fingerprint density at radius 2 is 2.25 bits per heavy atom. The van der Waals surface area contributed by atoms with Gasteiger partial charge < -0.3 is 4.90 Å². The van der Waals surface area contributed by atoms with Crippen LogP contribution in [0.4, 0.5) is 0 Å². The smallest absolute Gasteiger partial charge is 0.234 e. The van der Waals surface area contributed by atoms with Gasteiger partial charge in [-0.2, -0.15) is 9.61 Å². The topological polar surface area (TPSA) is 46.3 Å². The molecule has 0 radical (unpaired) electrons. The van der Waals surface area contributed by atoms with E-state index in [2.05, 4.69) is 33.3 Å². The molecule has 0 unspecified atom stereocenters. The normalized spacial score (nSPS) is 18.0. The number of hydrogen-bond acceptors (Lipinski definition) is 5. The maximum atomic E-state index is 4.54. The molecule has 2 aromatic rings. The van der Waals surface area contributed by atoms with Crippen molar-refractivity contribution in [3.8, 4) is 0 Å². The summed E-state index contributed by atoms with van der Waals surface area (Å²) >= 11 is 1.62. The Labute approximate surface area is 97.4 Å². The molecule has 0 saturated heterocycles. The van der Waals surface area contributed by atoms with E-state index in [9.17, 15) is 0 Å². The zero-order valence-corrected chi connectivity index (χ0v) is 10.2. The molecule has 2 aromatic heterocycles. The van der Waals surface area contributed by atoms with Gasteiger partial charge in [-0.25, -0.2) is 0 Å². The second-order valence-corrected chi connectivity index (χ2v) is 5.05. The van der Waals surface area contributed by atoms with Crippen LogP contribution in [0.2, 0.25) is 0 Å². The van der Waals surface area contributed by atoms with Crippen LogP contribution in [0, 0.1) is 6.92 Å². The van der Waals surface area contributed by atoms with E-state index in [1.165, 1.54) is 5.57 Å². The molecule has 5 nitrogen and oxygen atoms in total. The standard InChI is InChI=1S/C10H13N5S/c1-7-11-12-10-15(7)13-9(16-10)8-3-5-14(2)6-4-8/h3H,4-6H2,1-2H3. The van der Waals surface area contributed by atoms with Crippen molar-refractivity contribution in [2.24, 2.45) is 0 Å². The van der Waals surface area contributed by atoms with Crippen molar-refractivity contribution in [3.63, 3.8) is 0 Å². The molecule has 84 valence electrons. The minimum Gasteiger partial charge on any atom is -0.302 e. The van der Waals surface area contributed by atoms with Gasteiger partial charge >= 0.3 is 0 Å². The predicted octanol–water partition coefficient (Wildman–Crippen LogP) is 1.21. The lowest BCUT2D eigenvalue weighted by Crippen LogP contribution is -2.23. The van der Waals surface area contributed by atoms with E-state index in [0.717, 1.165) is 35.3 Å². The Kier molecular flexibility index (Phi) is 2.26. The number of aromatic nitrogens is 4. The Bertz CT molecular complexity index is 553. The molecule has 0 amide bonds. The third-order valence-electron chi connectivity index (χ3n) is 2.83. The summed E-state index contributed by atoms with van der Waals surface area (Å²) in [4.78, 5) is 3.18. The van der Waals surface area contributed by atoms with Crippen LogP contribution < -0.4 is 0 Å². The maximum absolute atomic E-state index is 4.54. The highest BCUT2D eigenvalue weighted by Gasteiger charge is 2.15. The fourth-order valence-corrected chi connectivity index (χ4v) is 2.76. The van der Waals surface area contributed by atoms with Gasteiger partial charge in [-0.1, -0.05) is 17.4 Å². The molecule has 0 aromatic carbocycles. The van der Waals surface area contributed by atoms with Crippen molar-refractivity contribution >= 4 is 21.9 Å². The molecule has 0 saturated carbocycles. The van der Waals surface area contributed by atoms with Crippen molar-refractivity contribution in [1.82, 2.24) is 24.7 Å². The Balaban J connectivity index is 2.00. The first-order valence-corrected chi connectivity index (χ1v) is 6.12. The zero-order valence-electron chi connectivity index (χ0n) is 9.34. The lowest BCUT2D eigenvalue weighted by Gasteiger charge is -2.20. The van der Waals surface area contributed by atoms with Gasteiger partial charge in [0.05, 0.1) is 0 Å². The Morgan fingerprint density at radius 3 is 2.94 bits per heavy atom. The fraction of sp³-hybridized carbons (Fsp3) is 0.500. The molecular weight excluding hydrogens is 222 g/mol. The molecule has 16 heavy (non-hydrogen) atoms. The molecule has 0 fully saturated rings. The van der Waals surface area contributed by atoms with Crippen LogP contribution in [0.25, 0.3) is 10.5 Å². The van der Waals surface area contributed by atoms with Crippen molar-refractivity contribution in [1.29, 1.82) is 0 Å². The Hall–Kier alpha value is -1.27. The van der Waals surface area contributed by atoms with Crippen LogP contribution in [0.3, 0.4) is 0 Å². The number of fused-ring (bicyclic) bond motifs is 1. The average Bonchev–Trinajstić information content (AvgIpc) is 2.83. The molecule has 0 spiro atoms. The lowest BCUT2D eigenvalue weighted by atomic mass is 10.1. The maximum Gasteiger partial charge on any atom is 0.234 e. The summed E-state index contributed by atoms with van der Waals surface area (Å²) in [6.07, 6.45) is 3.32. The number of likely N-dealkylation sites (N-methyl/N-ethyl adjacent to an activating group) is 1. The van der Waals surface area contributed by atoms with E-state index in [-0.39, 0.29) is 0 Å². The summed E-state index contributed by atoms with van der Waals surface area (Å²) in [5.74, 6) is 0.853. The van der Waals surface area contributed by atoms with Crippen LogP contribution >= 0.6 is 11.3 Å². The van der Waals surface area contributed by atoms with Crippen LogP contribution in [-0.4, -0.2) is 44.8 Å².